The molecule has 6 heteroatoms. The minimum Gasteiger partial charge on any atom is -0.322 e. The van der Waals surface area contributed by atoms with Crippen LogP contribution >= 0.6 is 11.8 Å². The molecule has 3 aromatic rings. The molecule has 1 fully saturated rings. The maximum Gasteiger partial charge on any atom is 0.416 e. The van der Waals surface area contributed by atoms with Crippen LogP contribution in [0.1, 0.15) is 26.9 Å². The molecule has 0 unspecified atom stereocenters. The van der Waals surface area contributed by atoms with E-state index in [0.29, 0.717) is 17.9 Å². The summed E-state index contributed by atoms with van der Waals surface area (Å²) in [6.07, 6.45) is -4.45. The average molecular weight is 387 g/mol. The quantitative estimate of drug-likeness (QED) is 0.558. The lowest BCUT2D eigenvalue weighted by Crippen LogP contribution is -2.31. The minimum atomic E-state index is -4.45. The molecule has 1 heterocycles. The molecule has 1 aliphatic rings. The van der Waals surface area contributed by atoms with Gasteiger partial charge >= 0.3 is 6.18 Å². The van der Waals surface area contributed by atoms with Gasteiger partial charge < -0.3 is 4.90 Å². The molecular weight excluding hydrogens is 371 g/mol. The first-order valence-electron chi connectivity index (χ1n) is 8.52. The van der Waals surface area contributed by atoms with Crippen LogP contribution in [0.25, 0.3) is 10.8 Å². The number of hydrogen-bond donors (Lipinski definition) is 0. The van der Waals surface area contributed by atoms with Gasteiger partial charge in [0.1, 0.15) is 5.37 Å². The van der Waals surface area contributed by atoms with Crippen molar-refractivity contribution in [2.45, 2.75) is 11.6 Å². The highest BCUT2D eigenvalue weighted by Gasteiger charge is 2.39. The van der Waals surface area contributed by atoms with Crippen molar-refractivity contribution in [1.29, 1.82) is 0 Å². The third-order valence-electron chi connectivity index (χ3n) is 4.68. The molecule has 27 heavy (non-hydrogen) atoms. The highest BCUT2D eigenvalue weighted by Crippen LogP contribution is 2.44. The molecule has 0 saturated carbocycles. The van der Waals surface area contributed by atoms with E-state index in [4.69, 9.17) is 0 Å². The van der Waals surface area contributed by atoms with Crippen LogP contribution in [0.15, 0.2) is 66.7 Å². The van der Waals surface area contributed by atoms with Crippen LogP contribution in [0.2, 0.25) is 0 Å². The number of alkyl halides is 3. The highest BCUT2D eigenvalue weighted by molar-refractivity contribution is 7.99. The molecule has 3 aromatic carbocycles. The molecule has 1 atom stereocenters. The summed E-state index contributed by atoms with van der Waals surface area (Å²) in [6, 6.07) is 18.6. The number of nitrogens with zero attached hydrogens (tertiary/aromatic N) is 1. The molecule has 0 spiro atoms. The van der Waals surface area contributed by atoms with E-state index >= 15 is 0 Å². The summed E-state index contributed by atoms with van der Waals surface area (Å²) in [7, 11) is 0. The SMILES string of the molecule is O=C(c1ccc2ccccc2c1)N1CCS[C@H]1c1ccccc1C(F)(F)F. The molecule has 4 rings (SSSR count). The fourth-order valence-corrected chi connectivity index (χ4v) is 4.69. The number of halogens is 3. The average Bonchev–Trinajstić information content (AvgIpc) is 3.16. The van der Waals surface area contributed by atoms with Crippen LogP contribution in [0.4, 0.5) is 13.2 Å². The van der Waals surface area contributed by atoms with Crippen LogP contribution in [0.5, 0.6) is 0 Å². The summed E-state index contributed by atoms with van der Waals surface area (Å²) in [5, 5.41) is 1.31. The molecular formula is C21H16F3NOS. The second-order valence-corrected chi connectivity index (χ2v) is 7.56. The summed E-state index contributed by atoms with van der Waals surface area (Å²) in [5.74, 6) is 0.364. The van der Waals surface area contributed by atoms with E-state index in [1.165, 1.54) is 23.9 Å². The molecule has 0 radical (unpaired) electrons. The predicted octanol–water partition coefficient (Wildman–Crippen LogP) is 5.75. The molecule has 1 saturated heterocycles. The number of fused-ring (bicyclic) bond motifs is 1. The van der Waals surface area contributed by atoms with Gasteiger partial charge in [-0.05, 0) is 34.5 Å². The van der Waals surface area contributed by atoms with Gasteiger partial charge in [-0.15, -0.1) is 11.8 Å². The molecule has 0 N–H and O–H groups in total. The number of thioether (sulfide) groups is 1. The Morgan fingerprint density at radius 3 is 2.44 bits per heavy atom. The molecule has 0 aliphatic carbocycles. The van der Waals surface area contributed by atoms with Crippen molar-refractivity contribution < 1.29 is 18.0 Å². The van der Waals surface area contributed by atoms with Crippen LogP contribution < -0.4 is 0 Å². The Hall–Kier alpha value is -2.47. The van der Waals surface area contributed by atoms with Crippen molar-refractivity contribution in [3.8, 4) is 0 Å². The van der Waals surface area contributed by atoms with Gasteiger partial charge in [-0.25, -0.2) is 0 Å². The normalized spacial score (nSPS) is 17.4. The number of benzene rings is 3. The molecule has 1 aliphatic heterocycles. The Kier molecular flexibility index (Phi) is 4.60. The van der Waals surface area contributed by atoms with Gasteiger partial charge in [0.2, 0.25) is 0 Å². The maximum absolute atomic E-state index is 13.4. The second-order valence-electron chi connectivity index (χ2n) is 6.37. The summed E-state index contributed by atoms with van der Waals surface area (Å²) < 4.78 is 40.2. The van der Waals surface area contributed by atoms with Crippen molar-refractivity contribution in [2.24, 2.45) is 0 Å². The van der Waals surface area contributed by atoms with Crippen LogP contribution in [-0.2, 0) is 6.18 Å². The van der Waals surface area contributed by atoms with Gasteiger partial charge in [0.05, 0.1) is 5.56 Å². The van der Waals surface area contributed by atoms with E-state index in [2.05, 4.69) is 0 Å². The molecule has 0 bridgehead atoms. The zero-order valence-electron chi connectivity index (χ0n) is 14.2. The first-order valence-corrected chi connectivity index (χ1v) is 9.57. The Morgan fingerprint density at radius 1 is 0.963 bits per heavy atom. The highest BCUT2D eigenvalue weighted by atomic mass is 32.2. The van der Waals surface area contributed by atoms with Crippen molar-refractivity contribution in [3.63, 3.8) is 0 Å². The number of amides is 1. The Balaban J connectivity index is 1.70. The molecule has 138 valence electrons. The summed E-state index contributed by atoms with van der Waals surface area (Å²) >= 11 is 1.37. The van der Waals surface area contributed by atoms with Gasteiger partial charge in [0.15, 0.2) is 0 Å². The van der Waals surface area contributed by atoms with E-state index in [9.17, 15) is 18.0 Å². The van der Waals surface area contributed by atoms with E-state index in [0.717, 1.165) is 16.8 Å². The third-order valence-corrected chi connectivity index (χ3v) is 5.92. The lowest BCUT2D eigenvalue weighted by Gasteiger charge is -2.26. The summed E-state index contributed by atoms with van der Waals surface area (Å²) in [4.78, 5) is 14.6. The lowest BCUT2D eigenvalue weighted by molar-refractivity contribution is -0.138. The summed E-state index contributed by atoms with van der Waals surface area (Å²) in [6.45, 7) is 0.424. The fraction of sp³-hybridized carbons (Fsp3) is 0.190. The largest absolute Gasteiger partial charge is 0.416 e. The number of carbonyl (C=O) groups is 1. The Bertz CT molecular complexity index is 1000. The van der Waals surface area contributed by atoms with E-state index < -0.39 is 17.1 Å². The minimum absolute atomic E-state index is 0.140. The maximum atomic E-state index is 13.4. The molecule has 2 nitrogen and oxygen atoms in total. The fourth-order valence-electron chi connectivity index (χ4n) is 3.39. The van der Waals surface area contributed by atoms with Gasteiger partial charge in [-0.3, -0.25) is 4.79 Å². The predicted molar refractivity (Wildman–Crippen MR) is 102 cm³/mol. The van der Waals surface area contributed by atoms with Crippen molar-refractivity contribution in [2.75, 3.05) is 12.3 Å². The zero-order chi connectivity index (χ0) is 19.0. The Morgan fingerprint density at radius 2 is 1.67 bits per heavy atom. The van der Waals surface area contributed by atoms with E-state index in [1.54, 1.807) is 23.1 Å². The number of rotatable bonds is 2. The lowest BCUT2D eigenvalue weighted by atomic mass is 10.0. The van der Waals surface area contributed by atoms with E-state index in [1.807, 2.05) is 30.3 Å². The van der Waals surface area contributed by atoms with Crippen molar-refractivity contribution in [1.82, 2.24) is 4.90 Å². The smallest absolute Gasteiger partial charge is 0.322 e. The summed E-state index contributed by atoms with van der Waals surface area (Å²) in [5.41, 5.74) is -0.0481. The van der Waals surface area contributed by atoms with Gasteiger partial charge in [-0.2, -0.15) is 13.2 Å². The van der Waals surface area contributed by atoms with Gasteiger partial charge in [0, 0.05) is 17.9 Å². The topological polar surface area (TPSA) is 20.3 Å². The third kappa shape index (κ3) is 3.41. The van der Waals surface area contributed by atoms with Crippen LogP contribution in [-0.4, -0.2) is 23.1 Å². The van der Waals surface area contributed by atoms with Crippen LogP contribution in [0, 0.1) is 0 Å². The van der Waals surface area contributed by atoms with Gasteiger partial charge in [0.25, 0.3) is 5.91 Å². The molecule has 1 amide bonds. The standard InChI is InChI=1S/C21H16F3NOS/c22-21(23,24)18-8-4-3-7-17(18)20-25(11-12-27-20)19(26)16-10-9-14-5-1-2-6-15(14)13-16/h1-10,13,20H,11-12H2/t20-/m0/s1. The number of hydrogen-bond acceptors (Lipinski definition) is 2. The number of carbonyl (C=O) groups excluding carboxylic acids is 1. The zero-order valence-corrected chi connectivity index (χ0v) is 15.1. The van der Waals surface area contributed by atoms with Gasteiger partial charge in [-0.1, -0.05) is 48.5 Å². The second kappa shape index (κ2) is 6.93. The molecule has 0 aromatic heterocycles. The van der Waals surface area contributed by atoms with Crippen molar-refractivity contribution >= 4 is 28.4 Å². The first kappa shape index (κ1) is 17.9. The Labute approximate surface area is 159 Å². The van der Waals surface area contributed by atoms with Crippen LogP contribution in [0.3, 0.4) is 0 Å². The van der Waals surface area contributed by atoms with E-state index in [-0.39, 0.29) is 11.5 Å². The monoisotopic (exact) mass is 387 g/mol. The first-order chi connectivity index (χ1) is 12.9. The van der Waals surface area contributed by atoms with Crippen molar-refractivity contribution in [3.05, 3.63) is 83.4 Å².